The van der Waals surface area contributed by atoms with Gasteiger partial charge in [0.2, 0.25) is 0 Å². The Bertz CT molecular complexity index is 553. The molecule has 1 aromatic carbocycles. The summed E-state index contributed by atoms with van der Waals surface area (Å²) >= 11 is 5.00. The maximum Gasteiger partial charge on any atom is 0.137 e. The van der Waals surface area contributed by atoms with Crippen LogP contribution in [0.1, 0.15) is 22.2 Å². The standard InChI is InChI=1S/C15H17BrFNS/c1-10(7-13-5-3-11(2)19-13)18-9-12-4-6-14(16)15(17)8-12/h3-6,8,10,18H,7,9H2,1-2H3. The van der Waals surface area contributed by atoms with Crippen LogP contribution in [0.5, 0.6) is 0 Å². The fraction of sp³-hybridized carbons (Fsp3) is 0.333. The molecule has 0 aliphatic heterocycles. The van der Waals surface area contributed by atoms with Gasteiger partial charge >= 0.3 is 0 Å². The number of halogens is 2. The van der Waals surface area contributed by atoms with E-state index in [9.17, 15) is 4.39 Å². The quantitative estimate of drug-likeness (QED) is 0.832. The van der Waals surface area contributed by atoms with E-state index in [4.69, 9.17) is 0 Å². The molecule has 0 saturated heterocycles. The number of rotatable bonds is 5. The first-order valence-corrected chi connectivity index (χ1v) is 7.88. The third kappa shape index (κ3) is 4.41. The fourth-order valence-corrected chi connectivity index (χ4v) is 3.18. The summed E-state index contributed by atoms with van der Waals surface area (Å²) in [6.45, 7) is 4.97. The molecule has 2 rings (SSSR count). The summed E-state index contributed by atoms with van der Waals surface area (Å²) < 4.78 is 13.9. The van der Waals surface area contributed by atoms with Gasteiger partial charge in [-0.3, -0.25) is 0 Å². The van der Waals surface area contributed by atoms with Crippen LogP contribution in [0.4, 0.5) is 4.39 Å². The van der Waals surface area contributed by atoms with E-state index in [1.165, 1.54) is 9.75 Å². The molecule has 1 N–H and O–H groups in total. The molecule has 1 heterocycles. The van der Waals surface area contributed by atoms with Crippen molar-refractivity contribution >= 4 is 27.3 Å². The molecule has 0 amide bonds. The second kappa shape index (κ2) is 6.64. The maximum atomic E-state index is 13.4. The minimum absolute atomic E-state index is 0.208. The molecule has 1 aromatic heterocycles. The van der Waals surface area contributed by atoms with Gasteiger partial charge in [0.05, 0.1) is 4.47 Å². The molecular formula is C15H17BrFNS. The van der Waals surface area contributed by atoms with Gasteiger partial charge in [-0.15, -0.1) is 11.3 Å². The molecule has 0 aliphatic rings. The van der Waals surface area contributed by atoms with Crippen LogP contribution in [0.2, 0.25) is 0 Å². The summed E-state index contributed by atoms with van der Waals surface area (Å²) in [6.07, 6.45) is 1.01. The van der Waals surface area contributed by atoms with Crippen molar-refractivity contribution in [2.45, 2.75) is 32.9 Å². The highest BCUT2D eigenvalue weighted by molar-refractivity contribution is 9.10. The SMILES string of the molecule is Cc1ccc(CC(C)NCc2ccc(Br)c(F)c2)s1. The Morgan fingerprint density at radius 3 is 2.74 bits per heavy atom. The van der Waals surface area contributed by atoms with Crippen LogP contribution in [0.25, 0.3) is 0 Å². The van der Waals surface area contributed by atoms with Crippen LogP contribution in [0.3, 0.4) is 0 Å². The number of hydrogen-bond acceptors (Lipinski definition) is 2. The first kappa shape index (κ1) is 14.7. The molecule has 0 bridgehead atoms. The molecule has 102 valence electrons. The second-order valence-electron chi connectivity index (χ2n) is 4.75. The molecule has 0 spiro atoms. The summed E-state index contributed by atoms with van der Waals surface area (Å²) in [5, 5.41) is 3.43. The molecule has 0 radical (unpaired) electrons. The molecule has 1 nitrogen and oxygen atoms in total. The summed E-state index contributed by atoms with van der Waals surface area (Å²) in [6, 6.07) is 9.96. The monoisotopic (exact) mass is 341 g/mol. The lowest BCUT2D eigenvalue weighted by Crippen LogP contribution is -2.27. The zero-order chi connectivity index (χ0) is 13.8. The molecule has 0 saturated carbocycles. The van der Waals surface area contributed by atoms with Crippen molar-refractivity contribution in [1.29, 1.82) is 0 Å². The number of aryl methyl sites for hydroxylation is 1. The van der Waals surface area contributed by atoms with Crippen molar-refractivity contribution in [3.05, 3.63) is 55.9 Å². The number of thiophene rings is 1. The molecule has 4 heteroatoms. The largest absolute Gasteiger partial charge is 0.310 e. The fourth-order valence-electron chi connectivity index (χ4n) is 1.91. The van der Waals surface area contributed by atoms with Gasteiger partial charge < -0.3 is 5.32 Å². The van der Waals surface area contributed by atoms with Crippen molar-refractivity contribution < 1.29 is 4.39 Å². The Morgan fingerprint density at radius 1 is 1.32 bits per heavy atom. The zero-order valence-electron chi connectivity index (χ0n) is 11.0. The van der Waals surface area contributed by atoms with E-state index in [1.54, 1.807) is 12.1 Å². The Morgan fingerprint density at radius 2 is 2.11 bits per heavy atom. The van der Waals surface area contributed by atoms with Gasteiger partial charge in [-0.25, -0.2) is 4.39 Å². The zero-order valence-corrected chi connectivity index (χ0v) is 13.4. The molecule has 1 unspecified atom stereocenters. The van der Waals surface area contributed by atoms with Crippen LogP contribution in [-0.2, 0) is 13.0 Å². The van der Waals surface area contributed by atoms with Crippen molar-refractivity contribution in [3.63, 3.8) is 0 Å². The smallest absolute Gasteiger partial charge is 0.137 e. The average Bonchev–Trinajstić information content (AvgIpc) is 2.76. The second-order valence-corrected chi connectivity index (χ2v) is 6.97. The Balaban J connectivity index is 1.86. The maximum absolute atomic E-state index is 13.4. The van der Waals surface area contributed by atoms with Crippen LogP contribution >= 0.6 is 27.3 Å². The minimum Gasteiger partial charge on any atom is -0.310 e. The summed E-state index contributed by atoms with van der Waals surface area (Å²) in [5.74, 6) is -0.208. The average molecular weight is 342 g/mol. The molecule has 1 atom stereocenters. The van der Waals surface area contributed by atoms with E-state index in [0.717, 1.165) is 12.0 Å². The van der Waals surface area contributed by atoms with Crippen LogP contribution in [0, 0.1) is 12.7 Å². The lowest BCUT2D eigenvalue weighted by Gasteiger charge is -2.13. The summed E-state index contributed by atoms with van der Waals surface area (Å²) in [7, 11) is 0. The highest BCUT2D eigenvalue weighted by atomic mass is 79.9. The normalized spacial score (nSPS) is 12.6. The number of nitrogens with one attached hydrogen (secondary N) is 1. The van der Waals surface area contributed by atoms with Gasteiger partial charge in [0.15, 0.2) is 0 Å². The predicted octanol–water partition coefficient (Wildman–Crippen LogP) is 4.68. The summed E-state index contributed by atoms with van der Waals surface area (Å²) in [4.78, 5) is 2.73. The van der Waals surface area contributed by atoms with E-state index in [-0.39, 0.29) is 5.82 Å². The van der Waals surface area contributed by atoms with Crippen molar-refractivity contribution in [2.24, 2.45) is 0 Å². The Kier molecular flexibility index (Phi) is 5.13. The van der Waals surface area contributed by atoms with Gasteiger partial charge in [0, 0.05) is 22.3 Å². The minimum atomic E-state index is -0.208. The predicted molar refractivity (Wildman–Crippen MR) is 83.2 cm³/mol. The van der Waals surface area contributed by atoms with E-state index in [1.807, 2.05) is 17.4 Å². The van der Waals surface area contributed by atoms with Crippen molar-refractivity contribution in [3.8, 4) is 0 Å². The van der Waals surface area contributed by atoms with E-state index >= 15 is 0 Å². The molecule has 0 aliphatic carbocycles. The Labute approximate surface area is 126 Å². The third-order valence-corrected chi connectivity index (χ3v) is 4.61. The van der Waals surface area contributed by atoms with Crippen LogP contribution in [-0.4, -0.2) is 6.04 Å². The summed E-state index contributed by atoms with van der Waals surface area (Å²) in [5.41, 5.74) is 0.968. The molecule has 0 fully saturated rings. The topological polar surface area (TPSA) is 12.0 Å². The number of hydrogen-bond donors (Lipinski definition) is 1. The first-order chi connectivity index (χ1) is 9.04. The first-order valence-electron chi connectivity index (χ1n) is 6.27. The van der Waals surface area contributed by atoms with E-state index in [0.29, 0.717) is 17.1 Å². The molecule has 2 aromatic rings. The highest BCUT2D eigenvalue weighted by Crippen LogP contribution is 2.18. The van der Waals surface area contributed by atoms with Gasteiger partial charge in [0.25, 0.3) is 0 Å². The lowest BCUT2D eigenvalue weighted by atomic mass is 10.1. The van der Waals surface area contributed by atoms with Crippen molar-refractivity contribution in [2.75, 3.05) is 0 Å². The molecular weight excluding hydrogens is 325 g/mol. The van der Waals surface area contributed by atoms with Gasteiger partial charge in [0.1, 0.15) is 5.82 Å². The van der Waals surface area contributed by atoms with Crippen LogP contribution in [0.15, 0.2) is 34.8 Å². The van der Waals surface area contributed by atoms with Crippen LogP contribution < -0.4 is 5.32 Å². The Hall–Kier alpha value is -0.710. The van der Waals surface area contributed by atoms with E-state index in [2.05, 4.69) is 47.2 Å². The van der Waals surface area contributed by atoms with Gasteiger partial charge in [-0.1, -0.05) is 6.07 Å². The van der Waals surface area contributed by atoms with Crippen molar-refractivity contribution in [1.82, 2.24) is 5.32 Å². The highest BCUT2D eigenvalue weighted by Gasteiger charge is 2.06. The lowest BCUT2D eigenvalue weighted by molar-refractivity contribution is 0.545. The van der Waals surface area contributed by atoms with Gasteiger partial charge in [-0.2, -0.15) is 0 Å². The number of benzene rings is 1. The van der Waals surface area contributed by atoms with E-state index < -0.39 is 0 Å². The molecule has 19 heavy (non-hydrogen) atoms. The third-order valence-electron chi connectivity index (χ3n) is 2.94. The van der Waals surface area contributed by atoms with Gasteiger partial charge in [-0.05, 0) is 66.0 Å².